The quantitative estimate of drug-likeness (QED) is 0.632. The second-order valence-electron chi connectivity index (χ2n) is 2.80. The Morgan fingerprint density at radius 2 is 2.08 bits per heavy atom. The van der Waals surface area contributed by atoms with E-state index in [9.17, 15) is 4.79 Å². The lowest BCUT2D eigenvalue weighted by Gasteiger charge is -2.07. The van der Waals surface area contributed by atoms with E-state index in [-0.39, 0.29) is 6.10 Å². The van der Waals surface area contributed by atoms with Crippen molar-refractivity contribution in [3.63, 3.8) is 0 Å². The van der Waals surface area contributed by atoms with Gasteiger partial charge < -0.3 is 10.2 Å². The third-order valence-corrected chi connectivity index (χ3v) is 2.14. The first-order valence-corrected chi connectivity index (χ1v) is 4.56. The molecular weight excluding hydrogens is 180 g/mol. The number of carboxylic acids is 1. The lowest BCUT2D eigenvalue weighted by molar-refractivity contribution is -0.136. The number of halogens is 1. The Labute approximate surface area is 77.3 Å². The highest BCUT2D eigenvalue weighted by Crippen LogP contribution is 2.10. The fraction of sp³-hybridized carbons (Fsp3) is 0.875. The summed E-state index contributed by atoms with van der Waals surface area (Å²) >= 11 is 5.46. The molecule has 0 aliphatic carbocycles. The molecule has 2 unspecified atom stereocenters. The van der Waals surface area contributed by atoms with Gasteiger partial charge in [0.05, 0.1) is 6.10 Å². The first-order chi connectivity index (χ1) is 5.57. The molecular formula is C8H15ClO3. The highest BCUT2D eigenvalue weighted by molar-refractivity contribution is 6.29. The minimum atomic E-state index is -0.984. The van der Waals surface area contributed by atoms with Gasteiger partial charge in [-0.1, -0.05) is 6.92 Å². The summed E-state index contributed by atoms with van der Waals surface area (Å²) in [5, 5.41) is 16.7. The molecule has 0 aromatic heterocycles. The highest BCUT2D eigenvalue weighted by Gasteiger charge is 2.13. The number of carbonyl (C=O) groups is 1. The van der Waals surface area contributed by atoms with Crippen molar-refractivity contribution in [2.75, 3.05) is 0 Å². The van der Waals surface area contributed by atoms with Gasteiger partial charge in [-0.15, -0.1) is 11.6 Å². The number of aliphatic carboxylic acids is 1. The van der Waals surface area contributed by atoms with Gasteiger partial charge in [-0.2, -0.15) is 0 Å². The molecule has 12 heavy (non-hydrogen) atoms. The zero-order valence-corrected chi connectivity index (χ0v) is 7.92. The molecule has 2 N–H and O–H groups in total. The minimum absolute atomic E-state index is 0.317. The van der Waals surface area contributed by atoms with E-state index < -0.39 is 11.3 Å². The van der Waals surface area contributed by atoms with Crippen LogP contribution in [0.2, 0.25) is 0 Å². The van der Waals surface area contributed by atoms with Crippen LogP contribution in [0.3, 0.4) is 0 Å². The maximum atomic E-state index is 10.3. The van der Waals surface area contributed by atoms with E-state index in [2.05, 4.69) is 0 Å². The van der Waals surface area contributed by atoms with Gasteiger partial charge in [0.1, 0.15) is 5.38 Å². The number of hydrogen-bond acceptors (Lipinski definition) is 2. The molecule has 4 heteroatoms. The molecule has 0 aliphatic rings. The van der Waals surface area contributed by atoms with Crippen molar-refractivity contribution in [2.45, 2.75) is 44.1 Å². The van der Waals surface area contributed by atoms with Crippen molar-refractivity contribution in [2.24, 2.45) is 0 Å². The van der Waals surface area contributed by atoms with Crippen molar-refractivity contribution < 1.29 is 15.0 Å². The Kier molecular flexibility index (Phi) is 6.11. The van der Waals surface area contributed by atoms with E-state index in [0.29, 0.717) is 25.7 Å². The van der Waals surface area contributed by atoms with Gasteiger partial charge in [-0.05, 0) is 25.7 Å². The number of aliphatic hydroxyl groups is 1. The Hall–Kier alpha value is -0.280. The topological polar surface area (TPSA) is 57.5 Å². The monoisotopic (exact) mass is 194 g/mol. The highest BCUT2D eigenvalue weighted by atomic mass is 35.5. The first kappa shape index (κ1) is 11.7. The van der Waals surface area contributed by atoms with Crippen LogP contribution in [0.5, 0.6) is 0 Å². The van der Waals surface area contributed by atoms with Gasteiger partial charge in [0.2, 0.25) is 0 Å². The zero-order valence-electron chi connectivity index (χ0n) is 7.16. The predicted molar refractivity (Wildman–Crippen MR) is 47.4 cm³/mol. The van der Waals surface area contributed by atoms with Crippen molar-refractivity contribution in [1.29, 1.82) is 0 Å². The molecule has 0 aromatic carbocycles. The van der Waals surface area contributed by atoms with Crippen LogP contribution in [-0.2, 0) is 4.79 Å². The summed E-state index contributed by atoms with van der Waals surface area (Å²) in [6.45, 7) is 1.89. The minimum Gasteiger partial charge on any atom is -0.480 e. The van der Waals surface area contributed by atoms with E-state index in [1.807, 2.05) is 6.92 Å². The second-order valence-corrected chi connectivity index (χ2v) is 3.33. The smallest absolute Gasteiger partial charge is 0.321 e. The number of hydrogen-bond donors (Lipinski definition) is 2. The van der Waals surface area contributed by atoms with E-state index in [1.165, 1.54) is 0 Å². The summed E-state index contributed by atoms with van der Waals surface area (Å²) in [5.41, 5.74) is 0. The molecule has 0 aromatic rings. The maximum absolute atomic E-state index is 10.3. The van der Waals surface area contributed by atoms with Crippen molar-refractivity contribution >= 4 is 17.6 Å². The largest absolute Gasteiger partial charge is 0.480 e. The molecule has 0 rings (SSSR count). The normalized spacial score (nSPS) is 15.6. The lowest BCUT2D eigenvalue weighted by atomic mass is 10.1. The zero-order chi connectivity index (χ0) is 9.56. The number of alkyl halides is 1. The van der Waals surface area contributed by atoms with Crippen LogP contribution in [0.25, 0.3) is 0 Å². The SMILES string of the molecule is CCC(O)CCCC(Cl)C(=O)O. The van der Waals surface area contributed by atoms with Gasteiger partial charge in [0.25, 0.3) is 0 Å². The molecule has 0 radical (unpaired) electrons. The first-order valence-electron chi connectivity index (χ1n) is 4.12. The Morgan fingerprint density at radius 1 is 1.50 bits per heavy atom. The fourth-order valence-corrected chi connectivity index (χ4v) is 1.01. The molecule has 2 atom stereocenters. The van der Waals surface area contributed by atoms with Gasteiger partial charge in [0, 0.05) is 0 Å². The van der Waals surface area contributed by atoms with Crippen LogP contribution in [0.4, 0.5) is 0 Å². The molecule has 0 aliphatic heterocycles. The second kappa shape index (κ2) is 6.26. The Balaban J connectivity index is 3.37. The Bertz CT molecular complexity index is 138. The molecule has 0 saturated heterocycles. The summed E-state index contributed by atoms with van der Waals surface area (Å²) in [4.78, 5) is 10.3. The molecule has 0 fully saturated rings. The maximum Gasteiger partial charge on any atom is 0.321 e. The molecule has 3 nitrogen and oxygen atoms in total. The van der Waals surface area contributed by atoms with Crippen molar-refractivity contribution in [3.8, 4) is 0 Å². The summed E-state index contributed by atoms with van der Waals surface area (Å²) in [6.07, 6.45) is 2.11. The summed E-state index contributed by atoms with van der Waals surface area (Å²) in [5.74, 6) is -0.984. The lowest BCUT2D eigenvalue weighted by Crippen LogP contribution is -2.14. The number of aliphatic hydroxyl groups excluding tert-OH is 1. The molecule has 0 spiro atoms. The predicted octanol–water partition coefficient (Wildman–Crippen LogP) is 1.62. The fourth-order valence-electron chi connectivity index (χ4n) is 0.860. The Morgan fingerprint density at radius 3 is 2.50 bits per heavy atom. The van der Waals surface area contributed by atoms with E-state index in [4.69, 9.17) is 21.8 Å². The van der Waals surface area contributed by atoms with Crippen molar-refractivity contribution in [1.82, 2.24) is 0 Å². The van der Waals surface area contributed by atoms with Crippen molar-refractivity contribution in [3.05, 3.63) is 0 Å². The number of rotatable bonds is 6. The van der Waals surface area contributed by atoms with Crippen LogP contribution in [0.1, 0.15) is 32.6 Å². The van der Waals surface area contributed by atoms with E-state index >= 15 is 0 Å². The molecule has 0 bridgehead atoms. The summed E-state index contributed by atoms with van der Waals surface area (Å²) in [7, 11) is 0. The van der Waals surface area contributed by atoms with Crippen LogP contribution >= 0.6 is 11.6 Å². The average Bonchev–Trinajstić information content (AvgIpc) is 2.03. The van der Waals surface area contributed by atoms with E-state index in [1.54, 1.807) is 0 Å². The van der Waals surface area contributed by atoms with Crippen LogP contribution in [0, 0.1) is 0 Å². The van der Waals surface area contributed by atoms with Crippen LogP contribution < -0.4 is 0 Å². The molecule has 0 amide bonds. The number of carboxylic acid groups (broad SMARTS) is 1. The average molecular weight is 195 g/mol. The van der Waals surface area contributed by atoms with E-state index in [0.717, 1.165) is 0 Å². The molecule has 0 heterocycles. The van der Waals surface area contributed by atoms with Gasteiger partial charge in [0.15, 0.2) is 0 Å². The molecule has 72 valence electrons. The standard InChI is InChI=1S/C8H15ClO3/c1-2-6(10)4-3-5-7(9)8(11)12/h6-7,10H,2-5H2,1H3,(H,11,12). The summed E-state index contributed by atoms with van der Waals surface area (Å²) < 4.78 is 0. The third kappa shape index (κ3) is 5.38. The van der Waals surface area contributed by atoms with Gasteiger partial charge in [-0.3, -0.25) is 4.79 Å². The summed E-state index contributed by atoms with van der Waals surface area (Å²) in [6, 6.07) is 0. The van der Waals surface area contributed by atoms with Crippen LogP contribution in [-0.4, -0.2) is 27.7 Å². The van der Waals surface area contributed by atoms with Crippen LogP contribution in [0.15, 0.2) is 0 Å². The van der Waals surface area contributed by atoms with Gasteiger partial charge in [-0.25, -0.2) is 0 Å². The third-order valence-electron chi connectivity index (χ3n) is 1.73. The molecule has 0 saturated carbocycles. The van der Waals surface area contributed by atoms with Gasteiger partial charge >= 0.3 is 5.97 Å².